The fourth-order valence-corrected chi connectivity index (χ4v) is 0.381. The summed E-state index contributed by atoms with van der Waals surface area (Å²) in [5.74, 6) is 0. The van der Waals surface area contributed by atoms with Crippen LogP contribution in [0.5, 0.6) is 0 Å². The van der Waals surface area contributed by atoms with Gasteiger partial charge < -0.3 is 12.6 Å². The van der Waals surface area contributed by atoms with Crippen molar-refractivity contribution in [3.8, 4) is 0 Å². The Morgan fingerprint density at radius 2 is 1.64 bits per heavy atom. The van der Waals surface area contributed by atoms with Crippen LogP contribution < -0.4 is 51.4 Å². The monoisotopic (exact) mass is 220 g/mol. The Morgan fingerprint density at radius 1 is 1.27 bits per heavy atom. The van der Waals surface area contributed by atoms with E-state index in [1.165, 1.54) is 0 Å². The largest absolute Gasteiger partial charge is 1.00 e. The zero-order valence-electron chi connectivity index (χ0n) is 5.22. The predicted octanol–water partition coefficient (Wildman–Crippen LogP) is -1.91. The third-order valence-corrected chi connectivity index (χ3v) is 0.791. The van der Waals surface area contributed by atoms with Gasteiger partial charge in [-0.2, -0.15) is 8.78 Å². The maximum Gasteiger partial charge on any atom is 1.00 e. The van der Waals surface area contributed by atoms with Crippen LogP contribution in [0.25, 0.3) is 0 Å². The number of hydrogen-bond donors (Lipinski definition) is 0. The van der Waals surface area contributed by atoms with E-state index in [1.54, 1.807) is 0 Å². The van der Waals surface area contributed by atoms with Crippen LogP contribution in [0, 0.1) is 0 Å². The fraction of sp³-hybridized carbons (Fsp3) is 1.00. The van der Waals surface area contributed by atoms with Crippen molar-refractivity contribution in [2.24, 2.45) is 0 Å². The summed E-state index contributed by atoms with van der Waals surface area (Å²) in [5, 5.41) is 0. The molecule has 0 rings (SSSR count). The number of hydrogen-bond acceptors (Lipinski definition) is 4. The molecule has 0 aromatic carbocycles. The summed E-state index contributed by atoms with van der Waals surface area (Å²) in [5.41, 5.74) is 0. The van der Waals surface area contributed by atoms with Gasteiger partial charge in [-0.25, -0.2) is 8.78 Å². The summed E-state index contributed by atoms with van der Waals surface area (Å²) < 4.78 is 66.0. The average molecular weight is 220 g/mol. The van der Waals surface area contributed by atoms with Crippen molar-refractivity contribution in [3.63, 3.8) is 0 Å². The second-order valence-corrected chi connectivity index (χ2v) is 1.72. The first-order valence-corrected chi connectivity index (χ1v) is 2.81. The molecule has 0 atom stereocenters. The molecular formula is C2HF4KO3S. The summed E-state index contributed by atoms with van der Waals surface area (Å²) in [6, 6.07) is 0. The Bertz CT molecular complexity index is 172. The minimum Gasteiger partial charge on any atom is -0.397 e. The summed E-state index contributed by atoms with van der Waals surface area (Å²) in [7, 11) is -3.64. The van der Waals surface area contributed by atoms with E-state index in [9.17, 15) is 26.0 Å². The van der Waals surface area contributed by atoms with Crippen molar-refractivity contribution in [1.82, 2.24) is 0 Å². The van der Waals surface area contributed by atoms with E-state index < -0.39 is 23.5 Å². The fourth-order valence-electron chi connectivity index (χ4n) is 0.127. The van der Waals surface area contributed by atoms with Crippen LogP contribution in [0.15, 0.2) is 0 Å². The van der Waals surface area contributed by atoms with Crippen LogP contribution >= 0.6 is 0 Å². The third kappa shape index (κ3) is 6.43. The molecule has 0 bridgehead atoms. The second kappa shape index (κ2) is 5.83. The standard InChI is InChI=1S/C2HF4O3S.K/c3-1(4)2(5,6)9-10(7)8;/h1H;/q-1;+1. The molecule has 0 aliphatic carbocycles. The van der Waals surface area contributed by atoms with E-state index >= 15 is 0 Å². The molecule has 62 valence electrons. The average Bonchev–Trinajstić information content (AvgIpc) is 1.60. The van der Waals surface area contributed by atoms with Gasteiger partial charge in [0.1, 0.15) is 0 Å². The van der Waals surface area contributed by atoms with E-state index in [0.29, 0.717) is 0 Å². The summed E-state index contributed by atoms with van der Waals surface area (Å²) in [6.45, 7) is 0. The van der Waals surface area contributed by atoms with Crippen LogP contribution in [0.1, 0.15) is 0 Å². The molecule has 11 heavy (non-hydrogen) atoms. The van der Waals surface area contributed by atoms with Gasteiger partial charge >= 0.3 is 63.9 Å². The quantitative estimate of drug-likeness (QED) is 0.317. The van der Waals surface area contributed by atoms with Gasteiger partial charge in [-0.3, -0.25) is 0 Å². The minimum atomic E-state index is -4.92. The van der Waals surface area contributed by atoms with Gasteiger partial charge in [-0.05, 0) is 0 Å². The van der Waals surface area contributed by atoms with E-state index in [-0.39, 0.29) is 51.4 Å². The van der Waals surface area contributed by atoms with Gasteiger partial charge in [0, 0.05) is 0 Å². The molecule has 0 spiro atoms. The van der Waals surface area contributed by atoms with E-state index in [4.69, 9.17) is 0 Å². The topological polar surface area (TPSA) is 43.4 Å². The van der Waals surface area contributed by atoms with Crippen molar-refractivity contribution < 1.29 is 81.5 Å². The van der Waals surface area contributed by atoms with Crippen molar-refractivity contribution in [2.75, 3.05) is 0 Å². The van der Waals surface area contributed by atoms with E-state index in [2.05, 4.69) is 4.18 Å². The molecule has 0 fully saturated rings. The molecule has 0 radical (unpaired) electrons. The molecule has 0 saturated carbocycles. The normalized spacial score (nSPS) is 11.8. The Labute approximate surface area is 104 Å². The summed E-state index contributed by atoms with van der Waals surface area (Å²) in [6.07, 6.45) is -9.07. The molecule has 0 aromatic heterocycles. The van der Waals surface area contributed by atoms with Crippen LogP contribution in [-0.2, 0) is 23.6 Å². The van der Waals surface area contributed by atoms with Crippen LogP contribution in [-0.4, -0.2) is 12.5 Å². The number of alkyl halides is 4. The van der Waals surface area contributed by atoms with Gasteiger partial charge in [-0.15, -0.1) is 0 Å². The van der Waals surface area contributed by atoms with Crippen molar-refractivity contribution in [3.05, 3.63) is 0 Å². The second-order valence-electron chi connectivity index (χ2n) is 1.15. The van der Waals surface area contributed by atoms with Gasteiger partial charge in [-0.1, -0.05) is 0 Å². The predicted molar refractivity (Wildman–Crippen MR) is 20.8 cm³/mol. The molecule has 0 amide bonds. The van der Waals surface area contributed by atoms with Crippen molar-refractivity contribution in [1.29, 1.82) is 0 Å². The van der Waals surface area contributed by atoms with Crippen molar-refractivity contribution >= 4 is 11.0 Å². The first-order valence-electron chi connectivity index (χ1n) is 1.81. The zero-order valence-corrected chi connectivity index (χ0v) is 9.16. The van der Waals surface area contributed by atoms with Crippen LogP contribution in [0.3, 0.4) is 0 Å². The molecule has 0 N–H and O–H groups in total. The van der Waals surface area contributed by atoms with Gasteiger partial charge in [0.15, 0.2) is 0 Å². The number of rotatable bonds is 3. The minimum absolute atomic E-state index is 0. The van der Waals surface area contributed by atoms with Gasteiger partial charge in [0.25, 0.3) is 0 Å². The van der Waals surface area contributed by atoms with Crippen LogP contribution in [0.4, 0.5) is 17.6 Å². The maximum atomic E-state index is 11.4. The van der Waals surface area contributed by atoms with Crippen LogP contribution in [0.2, 0.25) is 0 Å². The van der Waals surface area contributed by atoms with Gasteiger partial charge in [0.05, 0.1) is 11.0 Å². The Hall–Kier alpha value is 1.27. The Balaban J connectivity index is 0. The molecule has 0 saturated heterocycles. The summed E-state index contributed by atoms with van der Waals surface area (Å²) in [4.78, 5) is 0. The maximum absolute atomic E-state index is 11.4. The molecule has 0 aliphatic heterocycles. The molecule has 0 aliphatic rings. The van der Waals surface area contributed by atoms with E-state index in [0.717, 1.165) is 0 Å². The molecule has 3 nitrogen and oxygen atoms in total. The molecule has 9 heteroatoms. The smallest absolute Gasteiger partial charge is 0.397 e. The third-order valence-electron chi connectivity index (χ3n) is 0.433. The van der Waals surface area contributed by atoms with Gasteiger partial charge in [0.2, 0.25) is 0 Å². The van der Waals surface area contributed by atoms with E-state index in [1.807, 2.05) is 0 Å². The Morgan fingerprint density at radius 3 is 1.73 bits per heavy atom. The molecular weight excluding hydrogens is 219 g/mol. The zero-order chi connectivity index (χ0) is 8.36. The number of halogens is 4. The first kappa shape index (κ1) is 14.8. The summed E-state index contributed by atoms with van der Waals surface area (Å²) >= 11 is 0. The Kier molecular flexibility index (Phi) is 7.84. The molecule has 0 aromatic rings. The molecule has 0 unspecified atom stereocenters. The van der Waals surface area contributed by atoms with Crippen molar-refractivity contribution in [2.45, 2.75) is 12.5 Å². The SMILES string of the molecule is O=[S-](=O)OC(F)(F)C(F)F.[K+]. The molecule has 0 heterocycles. The first-order chi connectivity index (χ1) is 4.36.